The van der Waals surface area contributed by atoms with E-state index in [9.17, 15) is 4.39 Å². The van der Waals surface area contributed by atoms with E-state index in [1.165, 1.54) is 50.9 Å². The summed E-state index contributed by atoms with van der Waals surface area (Å²) in [5, 5.41) is 4.43. The number of rotatable bonds is 2. The van der Waals surface area contributed by atoms with Crippen LogP contribution in [0.4, 0.5) is 4.39 Å². The molecule has 5 heterocycles. The number of aryl methyl sites for hydroxylation is 2. The molecule has 0 N–H and O–H groups in total. The average molecular weight is 495 g/mol. The molecule has 4 aliphatic rings. The van der Waals surface area contributed by atoms with Gasteiger partial charge >= 0.3 is 0 Å². The van der Waals surface area contributed by atoms with E-state index >= 15 is 0 Å². The molecule has 2 atom stereocenters. The van der Waals surface area contributed by atoms with Gasteiger partial charge < -0.3 is 4.74 Å². The Bertz CT molecular complexity index is 1290. The molecule has 2 aliphatic carbocycles. The van der Waals surface area contributed by atoms with Crippen LogP contribution < -0.4 is 0 Å². The van der Waals surface area contributed by atoms with E-state index < -0.39 is 5.82 Å². The normalized spacial score (nSPS) is 20.2. The van der Waals surface area contributed by atoms with Crippen LogP contribution in [0.1, 0.15) is 56.0 Å². The molecule has 4 fully saturated rings. The SMILES string of the molecule is C1CC2CC(C1)O2.Cc1nc2ncnc(-c3ccc(Cl)cc3F)c2nc1C.c1cnn(C2CC2)c1. The maximum absolute atomic E-state index is 14.1. The standard InChI is InChI=1S/C14H10ClFN4.C6H8N2.C6H10O/c1-7-8(2)20-14-13(19-7)12(17-6-18-14)10-4-3-9(15)5-11(10)16;1-4-7-8(5-1)6-2-3-6;1-2-5-4-6(3-1)7-5/h3-6H,1-2H3;1,4-6H,2-3H2;5-6H,1-4H2. The van der Waals surface area contributed by atoms with Crippen molar-refractivity contribution in [1.82, 2.24) is 29.7 Å². The fourth-order valence-corrected chi connectivity index (χ4v) is 4.41. The molecule has 7 nitrogen and oxygen atoms in total. The summed E-state index contributed by atoms with van der Waals surface area (Å²) in [7, 11) is 0. The van der Waals surface area contributed by atoms with Crippen LogP contribution in [0.25, 0.3) is 22.4 Å². The van der Waals surface area contributed by atoms with Crippen LogP contribution in [0.2, 0.25) is 5.02 Å². The Hall–Kier alpha value is -2.97. The predicted octanol–water partition coefficient (Wildman–Crippen LogP) is 6.04. The summed E-state index contributed by atoms with van der Waals surface area (Å²) in [5.74, 6) is -0.447. The number of aromatic nitrogens is 6. The first-order valence-electron chi connectivity index (χ1n) is 12.0. The Balaban J connectivity index is 0.000000136. The number of nitrogens with zero attached hydrogens (tertiary/aromatic N) is 6. The third-order valence-electron chi connectivity index (χ3n) is 6.47. The third-order valence-corrected chi connectivity index (χ3v) is 6.71. The molecule has 2 saturated heterocycles. The molecule has 8 rings (SSSR count). The summed E-state index contributed by atoms with van der Waals surface area (Å²) in [5.41, 5.74) is 3.24. The molecule has 2 saturated carbocycles. The van der Waals surface area contributed by atoms with E-state index in [0.717, 1.165) is 17.4 Å². The zero-order chi connectivity index (χ0) is 24.4. The van der Waals surface area contributed by atoms with Crippen LogP contribution in [-0.2, 0) is 4.74 Å². The average Bonchev–Trinajstić information content (AvgIpc) is 3.54. The van der Waals surface area contributed by atoms with Crippen LogP contribution in [-0.4, -0.2) is 41.9 Å². The minimum atomic E-state index is -0.447. The highest BCUT2D eigenvalue weighted by atomic mass is 35.5. The summed E-state index contributed by atoms with van der Waals surface area (Å²) in [6, 6.07) is 7.15. The Labute approximate surface area is 208 Å². The highest BCUT2D eigenvalue weighted by Crippen LogP contribution is 2.34. The van der Waals surface area contributed by atoms with Gasteiger partial charge in [-0.2, -0.15) is 5.10 Å². The van der Waals surface area contributed by atoms with Gasteiger partial charge in [0.1, 0.15) is 23.4 Å². The van der Waals surface area contributed by atoms with Crippen LogP contribution in [0.3, 0.4) is 0 Å². The molecular weight excluding hydrogens is 467 g/mol. The van der Waals surface area contributed by atoms with Crippen molar-refractivity contribution < 1.29 is 9.13 Å². The highest BCUT2D eigenvalue weighted by Gasteiger charge is 2.33. The van der Waals surface area contributed by atoms with E-state index in [4.69, 9.17) is 16.3 Å². The van der Waals surface area contributed by atoms with Crippen molar-refractivity contribution in [3.05, 3.63) is 65.2 Å². The zero-order valence-corrected chi connectivity index (χ0v) is 20.6. The zero-order valence-electron chi connectivity index (χ0n) is 19.9. The first-order chi connectivity index (χ1) is 17.0. The van der Waals surface area contributed by atoms with Crippen LogP contribution in [0.15, 0.2) is 43.0 Å². The Kier molecular flexibility index (Phi) is 7.02. The van der Waals surface area contributed by atoms with E-state index in [0.29, 0.717) is 39.7 Å². The van der Waals surface area contributed by atoms with Gasteiger partial charge in [-0.3, -0.25) is 4.68 Å². The number of hydrogen-bond acceptors (Lipinski definition) is 6. The van der Waals surface area contributed by atoms with Gasteiger partial charge in [-0.05, 0) is 76.6 Å². The van der Waals surface area contributed by atoms with Gasteiger partial charge in [-0.1, -0.05) is 11.6 Å². The van der Waals surface area contributed by atoms with Crippen molar-refractivity contribution in [3.63, 3.8) is 0 Å². The molecule has 9 heteroatoms. The molecule has 0 amide bonds. The molecule has 0 radical (unpaired) electrons. The number of hydrogen-bond donors (Lipinski definition) is 0. The lowest BCUT2D eigenvalue weighted by molar-refractivity contribution is -0.155. The monoisotopic (exact) mass is 494 g/mol. The van der Waals surface area contributed by atoms with Crippen molar-refractivity contribution in [3.8, 4) is 11.3 Å². The summed E-state index contributed by atoms with van der Waals surface area (Å²) in [6.07, 6.45) is 14.6. The molecule has 182 valence electrons. The molecule has 2 bridgehead atoms. The van der Waals surface area contributed by atoms with Gasteiger partial charge in [0.15, 0.2) is 5.65 Å². The predicted molar refractivity (Wildman–Crippen MR) is 133 cm³/mol. The third kappa shape index (κ3) is 5.65. The van der Waals surface area contributed by atoms with Crippen LogP contribution in [0, 0.1) is 19.7 Å². The molecule has 3 aromatic heterocycles. The summed E-state index contributed by atoms with van der Waals surface area (Å²) >= 11 is 5.77. The molecule has 1 aromatic carbocycles. The van der Waals surface area contributed by atoms with E-state index in [1.807, 2.05) is 37.0 Å². The lowest BCUT2D eigenvalue weighted by Gasteiger charge is -2.41. The Morgan fingerprint density at radius 1 is 1.03 bits per heavy atom. The molecule has 4 aromatic rings. The maximum atomic E-state index is 14.1. The Morgan fingerprint density at radius 2 is 1.77 bits per heavy atom. The number of halogens is 2. The number of benzene rings is 1. The number of ether oxygens (including phenoxy) is 1. The highest BCUT2D eigenvalue weighted by molar-refractivity contribution is 6.30. The minimum Gasteiger partial charge on any atom is -0.375 e. The Morgan fingerprint density at radius 3 is 2.34 bits per heavy atom. The smallest absolute Gasteiger partial charge is 0.182 e. The second kappa shape index (κ2) is 10.3. The molecule has 2 unspecified atom stereocenters. The van der Waals surface area contributed by atoms with E-state index in [2.05, 4.69) is 25.0 Å². The van der Waals surface area contributed by atoms with Crippen LogP contribution >= 0.6 is 11.6 Å². The van der Waals surface area contributed by atoms with Crippen LogP contribution in [0.5, 0.6) is 0 Å². The van der Waals surface area contributed by atoms with Gasteiger partial charge in [0.2, 0.25) is 0 Å². The van der Waals surface area contributed by atoms with Gasteiger partial charge in [-0.15, -0.1) is 0 Å². The fourth-order valence-electron chi connectivity index (χ4n) is 4.26. The molecule has 2 aliphatic heterocycles. The lowest BCUT2D eigenvalue weighted by Crippen LogP contribution is -2.41. The summed E-state index contributed by atoms with van der Waals surface area (Å²) in [4.78, 5) is 17.0. The topological polar surface area (TPSA) is 78.6 Å². The largest absolute Gasteiger partial charge is 0.375 e. The molecule has 0 spiro atoms. The number of fused-ring (bicyclic) bond motifs is 3. The summed E-state index contributed by atoms with van der Waals surface area (Å²) < 4.78 is 21.5. The summed E-state index contributed by atoms with van der Waals surface area (Å²) in [6.45, 7) is 3.70. The van der Waals surface area contributed by atoms with Gasteiger partial charge in [0.25, 0.3) is 0 Å². The molecule has 35 heavy (non-hydrogen) atoms. The van der Waals surface area contributed by atoms with Crippen molar-refractivity contribution in [2.24, 2.45) is 0 Å². The second-order valence-corrected chi connectivity index (χ2v) is 9.61. The van der Waals surface area contributed by atoms with Crippen molar-refractivity contribution in [1.29, 1.82) is 0 Å². The van der Waals surface area contributed by atoms with E-state index in [-0.39, 0.29) is 0 Å². The van der Waals surface area contributed by atoms with E-state index in [1.54, 1.807) is 12.1 Å². The minimum absolute atomic E-state index is 0.333. The quantitative estimate of drug-likeness (QED) is 0.338. The fraction of sp³-hybridized carbons (Fsp3) is 0.423. The van der Waals surface area contributed by atoms with Crippen molar-refractivity contribution >= 4 is 22.8 Å². The van der Waals surface area contributed by atoms with Gasteiger partial charge in [0.05, 0.1) is 29.6 Å². The first kappa shape index (κ1) is 23.8. The first-order valence-corrected chi connectivity index (χ1v) is 12.4. The second-order valence-electron chi connectivity index (χ2n) is 9.18. The van der Waals surface area contributed by atoms with Crippen molar-refractivity contribution in [2.75, 3.05) is 0 Å². The molecular formula is C26H28ClFN6O. The van der Waals surface area contributed by atoms with Crippen molar-refractivity contribution in [2.45, 2.75) is 70.6 Å². The maximum Gasteiger partial charge on any atom is 0.182 e. The lowest BCUT2D eigenvalue weighted by atomic mass is 9.89. The van der Waals surface area contributed by atoms with Gasteiger partial charge in [-0.25, -0.2) is 24.3 Å². The van der Waals surface area contributed by atoms with Gasteiger partial charge in [0, 0.05) is 23.0 Å².